The summed E-state index contributed by atoms with van der Waals surface area (Å²) >= 11 is 2.96. The van der Waals surface area contributed by atoms with Gasteiger partial charge in [0.1, 0.15) is 0 Å². The van der Waals surface area contributed by atoms with Gasteiger partial charge in [-0.1, -0.05) is 28.0 Å². The van der Waals surface area contributed by atoms with Gasteiger partial charge in [0, 0.05) is 11.5 Å². The molecule has 1 aromatic carbocycles. The van der Waals surface area contributed by atoms with Crippen molar-refractivity contribution in [2.75, 3.05) is 7.04 Å². The summed E-state index contributed by atoms with van der Waals surface area (Å²) in [7, 11) is -2.66. The Morgan fingerprint density at radius 2 is 2.18 bits per heavy atom. The van der Waals surface area contributed by atoms with Crippen LogP contribution in [-0.2, 0) is 4.74 Å². The Labute approximate surface area is 85.3 Å². The van der Waals surface area contributed by atoms with Gasteiger partial charge in [0.2, 0.25) is 0 Å². The summed E-state index contributed by atoms with van der Waals surface area (Å²) in [5.41, 5.74) is -0.0654. The maximum absolute atomic E-state index is 7.73. The minimum Gasteiger partial charge on any atom is -0.377 e. The van der Waals surface area contributed by atoms with Crippen LogP contribution in [0.4, 0.5) is 0 Å². The van der Waals surface area contributed by atoms with E-state index in [9.17, 15) is 0 Å². The lowest BCUT2D eigenvalue weighted by molar-refractivity contribution is 0.119. The highest BCUT2D eigenvalue weighted by Crippen LogP contribution is 2.18. The molecule has 0 radical (unpaired) electrons. The number of hydrogen-bond donors (Lipinski definition) is 0. The summed E-state index contributed by atoms with van der Waals surface area (Å²) < 4.78 is 56.4. The number of benzene rings is 1. The standard InChI is InChI=1S/C9H11BrO/c1-7(11-2)8-3-5-9(10)6-4-8/h3-7H,1-2H3/t7-/m0/s1/i2D3,3D,4D,5D,6D. The second-order valence-electron chi connectivity index (χ2n) is 1.99. The van der Waals surface area contributed by atoms with Gasteiger partial charge in [-0.25, -0.2) is 0 Å². The molecule has 0 heterocycles. The predicted molar refractivity (Wildman–Crippen MR) is 49.6 cm³/mol. The molecule has 0 bridgehead atoms. The molecular formula is C9H11BrO. The highest BCUT2D eigenvalue weighted by molar-refractivity contribution is 9.10. The van der Waals surface area contributed by atoms with E-state index in [4.69, 9.17) is 14.3 Å². The maximum atomic E-state index is 7.73. The SMILES string of the molecule is [2H]c1c([2H])c([C@H](C)OC([2H])([2H])[2H])c([2H])c([2H])c1Br. The number of rotatable bonds is 2. The first-order valence-electron chi connectivity index (χ1n) is 6.49. The Hall–Kier alpha value is -0.340. The van der Waals surface area contributed by atoms with E-state index >= 15 is 0 Å². The van der Waals surface area contributed by atoms with Gasteiger partial charge in [-0.15, -0.1) is 0 Å². The lowest BCUT2D eigenvalue weighted by Gasteiger charge is -2.08. The molecule has 0 aliphatic rings. The Morgan fingerprint density at radius 1 is 1.55 bits per heavy atom. The molecule has 1 atom stereocenters. The summed E-state index contributed by atoms with van der Waals surface area (Å²) in [6.45, 7) is 1.38. The van der Waals surface area contributed by atoms with E-state index in [2.05, 4.69) is 15.9 Å². The smallest absolute Gasteiger partial charge is 0.0793 e. The first-order valence-corrected chi connectivity index (χ1v) is 3.79. The number of halogens is 1. The summed E-state index contributed by atoms with van der Waals surface area (Å²) in [5.74, 6) is 0. The van der Waals surface area contributed by atoms with E-state index in [0.29, 0.717) is 0 Å². The fraction of sp³-hybridized carbons (Fsp3) is 0.333. The third-order valence-corrected chi connectivity index (χ3v) is 1.59. The monoisotopic (exact) mass is 221 g/mol. The Balaban J connectivity index is 3.33. The Morgan fingerprint density at radius 3 is 2.73 bits per heavy atom. The molecule has 60 valence electrons. The molecule has 0 aromatic heterocycles. The molecular weight excluding hydrogens is 204 g/mol. The van der Waals surface area contributed by atoms with Crippen molar-refractivity contribution in [3.05, 3.63) is 34.2 Å². The van der Waals surface area contributed by atoms with Gasteiger partial charge in [-0.2, -0.15) is 0 Å². The van der Waals surface area contributed by atoms with Gasteiger partial charge < -0.3 is 4.74 Å². The van der Waals surface area contributed by atoms with E-state index < -0.39 is 13.1 Å². The molecule has 2 heteroatoms. The average molecular weight is 222 g/mol. The molecule has 1 nitrogen and oxygen atoms in total. The van der Waals surface area contributed by atoms with E-state index in [-0.39, 0.29) is 34.2 Å². The molecule has 0 amide bonds. The largest absolute Gasteiger partial charge is 0.377 e. The van der Waals surface area contributed by atoms with Crippen LogP contribution in [0.1, 0.15) is 28.2 Å². The zero-order chi connectivity index (χ0) is 14.2. The van der Waals surface area contributed by atoms with Gasteiger partial charge in [-0.05, 0) is 24.6 Å². The molecule has 0 saturated carbocycles. The predicted octanol–water partition coefficient (Wildman–Crippen LogP) is 3.16. The van der Waals surface area contributed by atoms with Crippen molar-refractivity contribution in [2.24, 2.45) is 0 Å². The van der Waals surface area contributed by atoms with Crippen molar-refractivity contribution in [1.82, 2.24) is 0 Å². The van der Waals surface area contributed by atoms with Gasteiger partial charge in [0.25, 0.3) is 0 Å². The van der Waals surface area contributed by atoms with Crippen LogP contribution >= 0.6 is 15.9 Å². The van der Waals surface area contributed by atoms with Crippen LogP contribution in [0.25, 0.3) is 0 Å². The zero-order valence-corrected chi connectivity index (χ0v) is 7.45. The third kappa shape index (κ3) is 2.31. The van der Waals surface area contributed by atoms with Crippen molar-refractivity contribution in [3.63, 3.8) is 0 Å². The third-order valence-electron chi connectivity index (χ3n) is 1.20. The van der Waals surface area contributed by atoms with Gasteiger partial charge in [-0.3, -0.25) is 0 Å². The van der Waals surface area contributed by atoms with Crippen LogP contribution in [0.5, 0.6) is 0 Å². The Bertz CT molecular complexity index is 442. The molecule has 0 aliphatic heterocycles. The normalized spacial score (nSPS) is 23.3. The first kappa shape index (κ1) is 3.19. The lowest BCUT2D eigenvalue weighted by Crippen LogP contribution is -1.94. The number of ether oxygens (including phenoxy) is 1. The molecule has 0 unspecified atom stereocenters. The molecule has 1 rings (SSSR count). The average Bonchev–Trinajstić information content (AvgIpc) is 2.21. The lowest BCUT2D eigenvalue weighted by atomic mass is 10.1. The van der Waals surface area contributed by atoms with E-state index in [1.807, 2.05) is 0 Å². The maximum Gasteiger partial charge on any atom is 0.0793 e. The van der Waals surface area contributed by atoms with Crippen LogP contribution < -0.4 is 0 Å². The van der Waals surface area contributed by atoms with Crippen molar-refractivity contribution in [3.8, 4) is 0 Å². The zero-order valence-electron chi connectivity index (χ0n) is 12.9. The molecule has 1 aromatic rings. The second kappa shape index (κ2) is 3.88. The minimum absolute atomic E-state index is 0.0438. The molecule has 11 heavy (non-hydrogen) atoms. The van der Waals surface area contributed by atoms with Crippen LogP contribution in [-0.4, -0.2) is 7.04 Å². The quantitative estimate of drug-likeness (QED) is 0.746. The van der Waals surface area contributed by atoms with Crippen LogP contribution in [0.2, 0.25) is 0 Å². The van der Waals surface area contributed by atoms with Gasteiger partial charge >= 0.3 is 0 Å². The van der Waals surface area contributed by atoms with Crippen molar-refractivity contribution < 1.29 is 14.3 Å². The molecule has 0 fully saturated rings. The molecule has 0 spiro atoms. The second-order valence-corrected chi connectivity index (χ2v) is 2.78. The number of hydrogen-bond acceptors (Lipinski definition) is 1. The highest BCUT2D eigenvalue weighted by atomic mass is 79.9. The minimum atomic E-state index is -2.66. The van der Waals surface area contributed by atoms with Crippen molar-refractivity contribution in [2.45, 2.75) is 13.0 Å². The highest BCUT2D eigenvalue weighted by Gasteiger charge is 2.01. The van der Waals surface area contributed by atoms with Crippen molar-refractivity contribution >= 4 is 15.9 Å². The fourth-order valence-corrected chi connectivity index (χ4v) is 0.767. The fourth-order valence-electron chi connectivity index (χ4n) is 0.569. The molecule has 0 N–H and O–H groups in total. The molecule has 0 saturated heterocycles. The van der Waals surface area contributed by atoms with Crippen LogP contribution in [0.15, 0.2) is 28.6 Å². The topological polar surface area (TPSA) is 9.23 Å². The first-order chi connectivity index (χ1) is 8.06. The van der Waals surface area contributed by atoms with Gasteiger partial charge in [0.05, 0.1) is 15.7 Å². The van der Waals surface area contributed by atoms with E-state index in [0.717, 1.165) is 0 Å². The molecule has 0 aliphatic carbocycles. The summed E-state index contributed by atoms with van der Waals surface area (Å²) in [4.78, 5) is 0. The summed E-state index contributed by atoms with van der Waals surface area (Å²) in [5, 5.41) is 0. The van der Waals surface area contributed by atoms with Crippen LogP contribution in [0.3, 0.4) is 0 Å². The summed E-state index contributed by atoms with van der Waals surface area (Å²) in [6, 6.07) is -1.13. The van der Waals surface area contributed by atoms with Crippen LogP contribution in [0, 0.1) is 0 Å². The Kier molecular flexibility index (Phi) is 1.13. The number of methoxy groups -OCH3 is 1. The van der Waals surface area contributed by atoms with Gasteiger partial charge in [0.15, 0.2) is 0 Å². The van der Waals surface area contributed by atoms with E-state index in [1.165, 1.54) is 6.92 Å². The summed E-state index contributed by atoms with van der Waals surface area (Å²) in [6.07, 6.45) is -1.06. The van der Waals surface area contributed by atoms with E-state index in [1.54, 1.807) is 0 Å². The van der Waals surface area contributed by atoms with Crippen molar-refractivity contribution in [1.29, 1.82) is 0 Å².